The number of hydrogen-bond donors (Lipinski definition) is 1. The molecule has 1 N–H and O–H groups in total. The van der Waals surface area contributed by atoms with Crippen molar-refractivity contribution < 1.29 is 14.3 Å². The maximum absolute atomic E-state index is 12.5. The maximum atomic E-state index is 12.5. The van der Waals surface area contributed by atoms with Gasteiger partial charge >= 0.3 is 0 Å². The number of fused-ring (bicyclic) bond motifs is 1. The molecule has 3 rings (SSSR count). The minimum absolute atomic E-state index is 0.0858. The van der Waals surface area contributed by atoms with E-state index < -0.39 is 0 Å². The van der Waals surface area contributed by atoms with Crippen LogP contribution in [-0.2, 0) is 16.1 Å². The molecule has 0 spiro atoms. The number of hydrogen-bond acceptors (Lipinski definition) is 4. The van der Waals surface area contributed by atoms with Gasteiger partial charge in [-0.1, -0.05) is 18.2 Å². The molecule has 2 saturated heterocycles. The Morgan fingerprint density at radius 1 is 1.50 bits per heavy atom. The Kier molecular flexibility index (Phi) is 4.04. The van der Waals surface area contributed by atoms with Gasteiger partial charge in [-0.25, -0.2) is 0 Å². The number of thioether (sulfide) groups is 1. The van der Waals surface area contributed by atoms with Crippen LogP contribution in [0.5, 0.6) is 5.75 Å². The van der Waals surface area contributed by atoms with Gasteiger partial charge < -0.3 is 15.0 Å². The third kappa shape index (κ3) is 2.56. The summed E-state index contributed by atoms with van der Waals surface area (Å²) in [5.41, 5.74) is 0.930. The van der Waals surface area contributed by atoms with Crippen molar-refractivity contribution in [3.8, 4) is 5.75 Å². The first-order valence-electron chi connectivity index (χ1n) is 7.41. The van der Waals surface area contributed by atoms with Crippen LogP contribution in [-0.4, -0.2) is 40.5 Å². The number of ether oxygens (including phenoxy) is 1. The molecule has 5 nitrogen and oxygen atoms in total. The number of amides is 2. The second-order valence-corrected chi connectivity index (χ2v) is 7.30. The van der Waals surface area contributed by atoms with Crippen LogP contribution < -0.4 is 10.1 Å². The molecule has 22 heavy (non-hydrogen) atoms. The van der Waals surface area contributed by atoms with Gasteiger partial charge in [-0.2, -0.15) is 0 Å². The van der Waals surface area contributed by atoms with Crippen molar-refractivity contribution in [2.24, 2.45) is 0 Å². The highest BCUT2D eigenvalue weighted by Gasteiger charge is 2.52. The molecule has 2 aliphatic heterocycles. The van der Waals surface area contributed by atoms with E-state index in [0.29, 0.717) is 18.7 Å². The Morgan fingerprint density at radius 3 is 3.05 bits per heavy atom. The summed E-state index contributed by atoms with van der Waals surface area (Å²) < 4.78 is 5.29. The maximum Gasteiger partial charge on any atom is 0.243 e. The van der Waals surface area contributed by atoms with Gasteiger partial charge in [0.25, 0.3) is 0 Å². The summed E-state index contributed by atoms with van der Waals surface area (Å²) in [5.74, 6) is 1.42. The summed E-state index contributed by atoms with van der Waals surface area (Å²) in [6.07, 6.45) is 1.37. The van der Waals surface area contributed by atoms with Crippen LogP contribution in [0.3, 0.4) is 0 Å². The summed E-state index contributed by atoms with van der Waals surface area (Å²) >= 11 is 1.70. The van der Waals surface area contributed by atoms with Gasteiger partial charge in [-0.3, -0.25) is 9.59 Å². The molecule has 1 aromatic carbocycles. The lowest BCUT2D eigenvalue weighted by molar-refractivity contribution is -0.138. The van der Waals surface area contributed by atoms with Gasteiger partial charge in [0.1, 0.15) is 11.8 Å². The molecule has 6 heteroatoms. The molecule has 0 radical (unpaired) electrons. The summed E-state index contributed by atoms with van der Waals surface area (Å²) in [6.45, 7) is 2.46. The number of carbonyl (C=O) groups is 2. The first kappa shape index (κ1) is 15.2. The normalized spacial score (nSPS) is 26.9. The first-order chi connectivity index (χ1) is 10.5. The van der Waals surface area contributed by atoms with Crippen molar-refractivity contribution in [2.45, 2.75) is 37.2 Å². The molecular formula is C16H20N2O3S. The second kappa shape index (κ2) is 5.83. The molecule has 118 valence electrons. The van der Waals surface area contributed by atoms with Gasteiger partial charge in [0.05, 0.1) is 12.0 Å². The molecule has 0 aromatic heterocycles. The molecule has 0 bridgehead atoms. The van der Waals surface area contributed by atoms with E-state index in [0.717, 1.165) is 17.7 Å². The molecule has 2 heterocycles. The SMILES string of the molecule is COc1ccccc1CNC(=O)C1CSC2(C)CCC(=O)N12. The number of nitrogens with one attached hydrogen (secondary N) is 1. The fourth-order valence-electron chi connectivity index (χ4n) is 3.16. The molecule has 2 amide bonds. The van der Waals surface area contributed by atoms with E-state index in [1.807, 2.05) is 24.3 Å². The first-order valence-corrected chi connectivity index (χ1v) is 8.39. The monoisotopic (exact) mass is 320 g/mol. The van der Waals surface area contributed by atoms with E-state index in [4.69, 9.17) is 4.74 Å². The van der Waals surface area contributed by atoms with Crippen LogP contribution in [0.1, 0.15) is 25.3 Å². The highest BCUT2D eigenvalue weighted by atomic mass is 32.2. The predicted molar refractivity (Wildman–Crippen MR) is 85.6 cm³/mol. The zero-order valence-corrected chi connectivity index (χ0v) is 13.6. The average molecular weight is 320 g/mol. The zero-order chi connectivity index (χ0) is 15.7. The molecule has 2 fully saturated rings. The summed E-state index contributed by atoms with van der Waals surface area (Å²) in [7, 11) is 1.61. The lowest BCUT2D eigenvalue weighted by Gasteiger charge is -2.29. The molecule has 0 aliphatic carbocycles. The molecule has 2 atom stereocenters. The fraction of sp³-hybridized carbons (Fsp3) is 0.500. The number of para-hydroxylation sites is 1. The van der Waals surface area contributed by atoms with Gasteiger partial charge in [-0.15, -0.1) is 11.8 Å². The van der Waals surface area contributed by atoms with E-state index in [1.165, 1.54) is 0 Å². The van der Waals surface area contributed by atoms with E-state index in [1.54, 1.807) is 23.8 Å². The van der Waals surface area contributed by atoms with E-state index in [9.17, 15) is 9.59 Å². The largest absolute Gasteiger partial charge is 0.496 e. The molecule has 2 aliphatic rings. The molecule has 2 unspecified atom stereocenters. The van der Waals surface area contributed by atoms with Crippen LogP contribution >= 0.6 is 11.8 Å². The Morgan fingerprint density at radius 2 is 2.27 bits per heavy atom. The third-order valence-electron chi connectivity index (χ3n) is 4.39. The van der Waals surface area contributed by atoms with Gasteiger partial charge in [0.2, 0.25) is 11.8 Å². The Hall–Kier alpha value is -1.69. The van der Waals surface area contributed by atoms with Gasteiger partial charge in [-0.05, 0) is 19.4 Å². The Bertz CT molecular complexity index is 607. The average Bonchev–Trinajstić information content (AvgIpc) is 3.02. The minimum Gasteiger partial charge on any atom is -0.496 e. The van der Waals surface area contributed by atoms with E-state index in [-0.39, 0.29) is 22.7 Å². The number of nitrogens with zero attached hydrogens (tertiary/aromatic N) is 1. The van der Waals surface area contributed by atoms with Crippen molar-refractivity contribution >= 4 is 23.6 Å². The standard InChI is InChI=1S/C16H20N2O3S/c1-16-8-7-14(19)18(16)12(10-22-16)15(20)17-9-11-5-3-4-6-13(11)21-2/h3-6,12H,7-10H2,1-2H3,(H,17,20). The summed E-state index contributed by atoms with van der Waals surface area (Å²) in [5, 5.41) is 2.94. The highest BCUT2D eigenvalue weighted by Crippen LogP contribution is 2.47. The lowest BCUT2D eigenvalue weighted by Crippen LogP contribution is -2.49. The van der Waals surface area contributed by atoms with Crippen LogP contribution in [0.2, 0.25) is 0 Å². The fourth-order valence-corrected chi connectivity index (χ4v) is 4.60. The van der Waals surface area contributed by atoms with E-state index >= 15 is 0 Å². The topological polar surface area (TPSA) is 58.6 Å². The molecular weight excluding hydrogens is 300 g/mol. The van der Waals surface area contributed by atoms with Crippen molar-refractivity contribution in [1.82, 2.24) is 10.2 Å². The number of rotatable bonds is 4. The third-order valence-corrected chi connectivity index (χ3v) is 5.90. The predicted octanol–water partition coefficient (Wildman–Crippen LogP) is 1.77. The van der Waals surface area contributed by atoms with E-state index in [2.05, 4.69) is 12.2 Å². The van der Waals surface area contributed by atoms with Crippen molar-refractivity contribution in [1.29, 1.82) is 0 Å². The minimum atomic E-state index is -0.361. The van der Waals surface area contributed by atoms with Crippen molar-refractivity contribution in [3.63, 3.8) is 0 Å². The van der Waals surface area contributed by atoms with Crippen LogP contribution in [0, 0.1) is 0 Å². The molecule has 1 aromatic rings. The smallest absolute Gasteiger partial charge is 0.243 e. The van der Waals surface area contributed by atoms with Crippen LogP contribution in [0.4, 0.5) is 0 Å². The zero-order valence-electron chi connectivity index (χ0n) is 12.8. The van der Waals surface area contributed by atoms with Crippen LogP contribution in [0.15, 0.2) is 24.3 Å². The van der Waals surface area contributed by atoms with Crippen molar-refractivity contribution in [2.75, 3.05) is 12.9 Å². The lowest BCUT2D eigenvalue weighted by atomic mass is 10.2. The summed E-state index contributed by atoms with van der Waals surface area (Å²) in [4.78, 5) is 26.1. The van der Waals surface area contributed by atoms with Gasteiger partial charge in [0, 0.05) is 24.3 Å². The Balaban J connectivity index is 1.67. The Labute approximate surface area is 134 Å². The van der Waals surface area contributed by atoms with Crippen molar-refractivity contribution in [3.05, 3.63) is 29.8 Å². The molecule has 0 saturated carbocycles. The number of benzene rings is 1. The number of carbonyl (C=O) groups excluding carboxylic acids is 2. The number of methoxy groups -OCH3 is 1. The highest BCUT2D eigenvalue weighted by molar-refractivity contribution is 8.01. The second-order valence-electron chi connectivity index (χ2n) is 5.80. The quantitative estimate of drug-likeness (QED) is 0.918. The summed E-state index contributed by atoms with van der Waals surface area (Å²) in [6, 6.07) is 7.24. The van der Waals surface area contributed by atoms with Crippen LogP contribution in [0.25, 0.3) is 0 Å². The van der Waals surface area contributed by atoms with Gasteiger partial charge in [0.15, 0.2) is 0 Å².